The number of carboxylic acid groups (broad SMARTS) is 1. The summed E-state index contributed by atoms with van der Waals surface area (Å²) >= 11 is 0. The van der Waals surface area contributed by atoms with Gasteiger partial charge in [-0.25, -0.2) is 4.79 Å². The quantitative estimate of drug-likeness (QED) is 0.861. The molecule has 0 bridgehead atoms. The second kappa shape index (κ2) is 5.42. The fraction of sp³-hybridized carbons (Fsp3) is 0.143. The van der Waals surface area contributed by atoms with E-state index in [9.17, 15) is 4.79 Å². The van der Waals surface area contributed by atoms with E-state index in [0.717, 1.165) is 11.1 Å². The topological polar surface area (TPSA) is 62.2 Å². The SMILES string of the molecule is CNC(c1cccnc1)c1cccc(C(=O)O)c1. The molecule has 0 saturated heterocycles. The molecule has 0 aliphatic heterocycles. The summed E-state index contributed by atoms with van der Waals surface area (Å²) in [6, 6.07) is 10.7. The van der Waals surface area contributed by atoms with Crippen LogP contribution in [-0.2, 0) is 0 Å². The Morgan fingerprint density at radius 2 is 2.06 bits per heavy atom. The standard InChI is InChI=1S/C14H14N2O2/c1-15-13(12-6-3-7-16-9-12)10-4-2-5-11(8-10)14(17)18/h2-9,13,15H,1H3,(H,17,18). The first-order valence-electron chi connectivity index (χ1n) is 5.63. The third-order valence-corrected chi connectivity index (χ3v) is 2.77. The van der Waals surface area contributed by atoms with Gasteiger partial charge < -0.3 is 10.4 Å². The van der Waals surface area contributed by atoms with Crippen molar-refractivity contribution in [3.8, 4) is 0 Å². The maximum atomic E-state index is 11.0. The third kappa shape index (κ3) is 2.55. The summed E-state index contributed by atoms with van der Waals surface area (Å²) in [6.45, 7) is 0. The fourth-order valence-corrected chi connectivity index (χ4v) is 1.92. The van der Waals surface area contributed by atoms with Gasteiger partial charge in [-0.1, -0.05) is 18.2 Å². The van der Waals surface area contributed by atoms with Crippen LogP contribution in [0.4, 0.5) is 0 Å². The van der Waals surface area contributed by atoms with Crippen molar-refractivity contribution in [1.29, 1.82) is 0 Å². The smallest absolute Gasteiger partial charge is 0.335 e. The van der Waals surface area contributed by atoms with Crippen molar-refractivity contribution in [2.24, 2.45) is 0 Å². The number of nitrogens with zero attached hydrogens (tertiary/aromatic N) is 1. The molecule has 1 heterocycles. The van der Waals surface area contributed by atoms with E-state index in [0.29, 0.717) is 0 Å². The summed E-state index contributed by atoms with van der Waals surface area (Å²) in [5.41, 5.74) is 2.20. The second-order valence-electron chi connectivity index (χ2n) is 3.94. The van der Waals surface area contributed by atoms with E-state index in [4.69, 9.17) is 5.11 Å². The zero-order valence-corrected chi connectivity index (χ0v) is 10.00. The van der Waals surface area contributed by atoms with Gasteiger partial charge in [0.05, 0.1) is 11.6 Å². The summed E-state index contributed by atoms with van der Waals surface area (Å²) in [5.74, 6) is -0.919. The number of aromatic carboxylic acids is 1. The highest BCUT2D eigenvalue weighted by Gasteiger charge is 2.13. The Labute approximate surface area is 105 Å². The molecular weight excluding hydrogens is 228 g/mol. The Kier molecular flexibility index (Phi) is 3.69. The van der Waals surface area contributed by atoms with Gasteiger partial charge in [0.25, 0.3) is 0 Å². The molecule has 18 heavy (non-hydrogen) atoms. The van der Waals surface area contributed by atoms with Crippen LogP contribution in [0.2, 0.25) is 0 Å². The maximum absolute atomic E-state index is 11.0. The molecule has 4 heteroatoms. The van der Waals surface area contributed by atoms with Crippen LogP contribution < -0.4 is 5.32 Å². The Hall–Kier alpha value is -2.20. The lowest BCUT2D eigenvalue weighted by molar-refractivity contribution is 0.0696. The largest absolute Gasteiger partial charge is 0.478 e. The summed E-state index contributed by atoms with van der Waals surface area (Å²) in [6.07, 6.45) is 3.48. The highest BCUT2D eigenvalue weighted by atomic mass is 16.4. The predicted molar refractivity (Wildman–Crippen MR) is 68.5 cm³/mol. The van der Waals surface area contributed by atoms with Crippen LogP contribution in [0.3, 0.4) is 0 Å². The Morgan fingerprint density at radius 3 is 2.67 bits per heavy atom. The fourth-order valence-electron chi connectivity index (χ4n) is 1.92. The Morgan fingerprint density at radius 1 is 1.28 bits per heavy atom. The van der Waals surface area contributed by atoms with Gasteiger partial charge in [0.1, 0.15) is 0 Å². The van der Waals surface area contributed by atoms with Crippen molar-refractivity contribution in [2.75, 3.05) is 7.05 Å². The molecule has 0 amide bonds. The molecule has 2 aromatic rings. The van der Waals surface area contributed by atoms with Crippen molar-refractivity contribution in [2.45, 2.75) is 6.04 Å². The van der Waals surface area contributed by atoms with Crippen LogP contribution in [0.1, 0.15) is 27.5 Å². The van der Waals surface area contributed by atoms with Gasteiger partial charge in [-0.15, -0.1) is 0 Å². The average molecular weight is 242 g/mol. The van der Waals surface area contributed by atoms with Gasteiger partial charge >= 0.3 is 5.97 Å². The first-order chi connectivity index (χ1) is 8.72. The highest BCUT2D eigenvalue weighted by molar-refractivity contribution is 5.87. The first-order valence-corrected chi connectivity index (χ1v) is 5.63. The molecule has 1 atom stereocenters. The van der Waals surface area contributed by atoms with Crippen molar-refractivity contribution >= 4 is 5.97 Å². The molecule has 0 aliphatic carbocycles. The molecule has 0 saturated carbocycles. The van der Waals surface area contributed by atoms with E-state index in [1.807, 2.05) is 25.2 Å². The molecule has 1 aromatic heterocycles. The number of hydrogen-bond acceptors (Lipinski definition) is 3. The minimum Gasteiger partial charge on any atom is -0.478 e. The average Bonchev–Trinajstić information content (AvgIpc) is 2.41. The summed E-state index contributed by atoms with van der Waals surface area (Å²) < 4.78 is 0. The Balaban J connectivity index is 2.39. The monoisotopic (exact) mass is 242 g/mol. The minimum absolute atomic E-state index is 0.0574. The van der Waals surface area contributed by atoms with Gasteiger partial charge in [-0.05, 0) is 36.4 Å². The molecule has 2 N–H and O–H groups in total. The van der Waals surface area contributed by atoms with Crippen molar-refractivity contribution in [1.82, 2.24) is 10.3 Å². The summed E-state index contributed by atoms with van der Waals surface area (Å²) in [4.78, 5) is 15.0. The number of carbonyl (C=O) groups is 1. The molecular formula is C14H14N2O2. The van der Waals surface area contributed by atoms with Gasteiger partial charge in [-0.3, -0.25) is 4.98 Å². The number of pyridine rings is 1. The van der Waals surface area contributed by atoms with E-state index >= 15 is 0 Å². The van der Waals surface area contributed by atoms with Gasteiger partial charge in [-0.2, -0.15) is 0 Å². The lowest BCUT2D eigenvalue weighted by Crippen LogP contribution is -2.18. The maximum Gasteiger partial charge on any atom is 0.335 e. The molecule has 0 spiro atoms. The van der Waals surface area contributed by atoms with E-state index in [2.05, 4.69) is 10.3 Å². The first kappa shape index (κ1) is 12.3. The number of hydrogen-bond donors (Lipinski definition) is 2. The molecule has 0 fully saturated rings. The number of carboxylic acids is 1. The van der Waals surface area contributed by atoms with Crippen LogP contribution in [0.25, 0.3) is 0 Å². The van der Waals surface area contributed by atoms with Gasteiger partial charge in [0.2, 0.25) is 0 Å². The second-order valence-corrected chi connectivity index (χ2v) is 3.94. The van der Waals surface area contributed by atoms with E-state index < -0.39 is 5.97 Å². The molecule has 0 aliphatic rings. The number of benzene rings is 1. The molecule has 4 nitrogen and oxygen atoms in total. The lowest BCUT2D eigenvalue weighted by atomic mass is 9.98. The van der Waals surface area contributed by atoms with Crippen molar-refractivity contribution in [3.05, 3.63) is 65.5 Å². The molecule has 2 rings (SSSR count). The molecule has 1 unspecified atom stereocenters. The summed E-state index contributed by atoms with van der Waals surface area (Å²) in [5, 5.41) is 12.2. The zero-order valence-electron chi connectivity index (χ0n) is 10.00. The van der Waals surface area contributed by atoms with Crippen molar-refractivity contribution in [3.63, 3.8) is 0 Å². The van der Waals surface area contributed by atoms with Crippen LogP contribution in [0.5, 0.6) is 0 Å². The van der Waals surface area contributed by atoms with Crippen LogP contribution in [0, 0.1) is 0 Å². The summed E-state index contributed by atoms with van der Waals surface area (Å²) in [7, 11) is 1.84. The highest BCUT2D eigenvalue weighted by Crippen LogP contribution is 2.21. The Bertz CT molecular complexity index is 541. The normalized spacial score (nSPS) is 12.1. The molecule has 0 radical (unpaired) electrons. The van der Waals surface area contributed by atoms with Crippen LogP contribution >= 0.6 is 0 Å². The van der Waals surface area contributed by atoms with Gasteiger partial charge in [0.15, 0.2) is 0 Å². The zero-order chi connectivity index (χ0) is 13.0. The number of aromatic nitrogens is 1. The van der Waals surface area contributed by atoms with Crippen molar-refractivity contribution < 1.29 is 9.90 Å². The third-order valence-electron chi connectivity index (χ3n) is 2.77. The van der Waals surface area contributed by atoms with E-state index in [1.165, 1.54) is 0 Å². The van der Waals surface area contributed by atoms with E-state index in [1.54, 1.807) is 30.6 Å². The molecule has 92 valence electrons. The number of rotatable bonds is 4. The van der Waals surface area contributed by atoms with Crippen LogP contribution in [0.15, 0.2) is 48.8 Å². The van der Waals surface area contributed by atoms with E-state index in [-0.39, 0.29) is 11.6 Å². The predicted octanol–water partition coefficient (Wildman–Crippen LogP) is 2.09. The van der Waals surface area contributed by atoms with Crippen LogP contribution in [-0.4, -0.2) is 23.1 Å². The number of nitrogens with one attached hydrogen (secondary N) is 1. The van der Waals surface area contributed by atoms with Gasteiger partial charge in [0, 0.05) is 12.4 Å². The molecule has 1 aromatic carbocycles. The minimum atomic E-state index is -0.919. The lowest BCUT2D eigenvalue weighted by Gasteiger charge is -2.17.